The Kier molecular flexibility index (Phi) is 6.24. The molecule has 0 saturated carbocycles. The second-order valence-electron chi connectivity index (χ2n) is 5.57. The molecule has 2 rings (SSSR count). The van der Waals surface area contributed by atoms with Crippen molar-refractivity contribution in [1.29, 1.82) is 0 Å². The number of hydrogen-bond acceptors (Lipinski definition) is 2. The summed E-state index contributed by atoms with van der Waals surface area (Å²) in [6, 6.07) is 0. The summed E-state index contributed by atoms with van der Waals surface area (Å²) in [6.45, 7) is 2.07. The van der Waals surface area contributed by atoms with Crippen LogP contribution in [0.15, 0.2) is 16.8 Å². The maximum absolute atomic E-state index is 13.6. The van der Waals surface area contributed by atoms with E-state index in [9.17, 15) is 43.9 Å². The van der Waals surface area contributed by atoms with E-state index >= 15 is 0 Å². The van der Waals surface area contributed by atoms with Gasteiger partial charge in [-0.2, -0.15) is 0 Å². The lowest BCUT2D eigenvalue weighted by Crippen LogP contribution is -2.09. The Morgan fingerprint density at radius 3 is 1.34 bits per heavy atom. The Balaban J connectivity index is 2.45. The summed E-state index contributed by atoms with van der Waals surface area (Å²) in [5, 5.41) is 1.85. The fraction of sp³-hybridized carbons (Fsp3) is 0.118. The molecular weight excluding hydrogens is 422 g/mol. The van der Waals surface area contributed by atoms with Crippen molar-refractivity contribution in [2.24, 2.45) is 4.99 Å². The van der Waals surface area contributed by atoms with Crippen LogP contribution in [0.4, 0.5) is 55.3 Å². The van der Waals surface area contributed by atoms with Crippen LogP contribution >= 0.6 is 0 Å². The summed E-state index contributed by atoms with van der Waals surface area (Å²) >= 11 is 0. The Bertz CT molecular complexity index is 1000. The normalized spacial score (nSPS) is 12.6. The number of aliphatic imine (C=N–C) groups is 1. The van der Waals surface area contributed by atoms with E-state index < -0.39 is 75.3 Å². The van der Waals surface area contributed by atoms with Crippen molar-refractivity contribution in [3.8, 4) is 0 Å². The van der Waals surface area contributed by atoms with Crippen LogP contribution in [0.25, 0.3) is 0 Å². The minimum atomic E-state index is -2.39. The molecule has 29 heavy (non-hydrogen) atoms. The van der Waals surface area contributed by atoms with E-state index in [1.165, 1.54) is 0 Å². The molecule has 0 aliphatic carbocycles. The first-order valence-corrected chi connectivity index (χ1v) is 7.41. The number of halogens is 10. The van der Waals surface area contributed by atoms with Crippen molar-refractivity contribution in [2.45, 2.75) is 13.8 Å². The fourth-order valence-electron chi connectivity index (χ4n) is 2.16. The minimum Gasteiger partial charge on any atom is -0.354 e. The van der Waals surface area contributed by atoms with Crippen molar-refractivity contribution >= 4 is 17.1 Å². The zero-order valence-corrected chi connectivity index (χ0v) is 14.3. The van der Waals surface area contributed by atoms with Gasteiger partial charge in [0.2, 0.25) is 11.6 Å². The van der Waals surface area contributed by atoms with Crippen LogP contribution in [0, 0.1) is 58.2 Å². The number of allylic oxidation sites excluding steroid dienone is 2. The van der Waals surface area contributed by atoms with Gasteiger partial charge < -0.3 is 5.32 Å². The molecule has 0 saturated heterocycles. The molecule has 0 aliphatic heterocycles. The molecule has 156 valence electrons. The lowest BCUT2D eigenvalue weighted by Gasteiger charge is -2.11. The zero-order valence-electron chi connectivity index (χ0n) is 14.3. The second-order valence-corrected chi connectivity index (χ2v) is 5.57. The average molecular weight is 430 g/mol. The molecule has 0 heterocycles. The Labute approximate surface area is 156 Å². The zero-order chi connectivity index (χ0) is 22.2. The minimum absolute atomic E-state index is 0.335. The number of hydrogen-bond donors (Lipinski definition) is 1. The molecular formula is C17H8F10N2. The molecule has 0 aromatic heterocycles. The van der Waals surface area contributed by atoms with Crippen LogP contribution in [-0.4, -0.2) is 5.71 Å². The van der Waals surface area contributed by atoms with Crippen molar-refractivity contribution in [3.05, 3.63) is 69.9 Å². The van der Waals surface area contributed by atoms with Crippen LogP contribution in [-0.2, 0) is 0 Å². The van der Waals surface area contributed by atoms with Gasteiger partial charge in [0.1, 0.15) is 11.4 Å². The van der Waals surface area contributed by atoms with Gasteiger partial charge in [-0.1, -0.05) is 0 Å². The Morgan fingerprint density at radius 2 is 0.931 bits per heavy atom. The summed E-state index contributed by atoms with van der Waals surface area (Å²) in [5.74, 6) is -22.5. The SMILES string of the molecule is CC(/C=C(/C)Nc1c(F)c(F)c(F)c(F)c1F)=Nc1c(F)c(F)c(F)c(F)c1F. The van der Waals surface area contributed by atoms with E-state index in [4.69, 9.17) is 0 Å². The number of nitrogens with one attached hydrogen (secondary N) is 1. The van der Waals surface area contributed by atoms with E-state index in [0.29, 0.717) is 0 Å². The van der Waals surface area contributed by atoms with E-state index in [-0.39, 0.29) is 5.70 Å². The molecule has 0 bridgehead atoms. The lowest BCUT2D eigenvalue weighted by atomic mass is 10.2. The highest BCUT2D eigenvalue weighted by Crippen LogP contribution is 2.30. The third-order valence-corrected chi connectivity index (χ3v) is 3.43. The molecule has 12 heteroatoms. The molecule has 0 aliphatic rings. The summed E-state index contributed by atoms with van der Waals surface area (Å²) < 4.78 is 133. The van der Waals surface area contributed by atoms with Crippen LogP contribution in [0.1, 0.15) is 13.8 Å². The molecule has 0 fully saturated rings. The number of anilines is 1. The van der Waals surface area contributed by atoms with Gasteiger partial charge in [-0.3, -0.25) is 0 Å². The standard InChI is InChI=1S/C17H8F10N2/c1-4(28-16-12(24)8(20)6(18)9(21)13(16)25)3-5(2)29-17-14(26)10(22)7(19)11(23)15(17)27/h3,28H,1-2H3/b4-3-,29-5?. The van der Waals surface area contributed by atoms with Gasteiger partial charge in [0.15, 0.2) is 46.5 Å². The molecule has 2 aromatic rings. The van der Waals surface area contributed by atoms with Gasteiger partial charge in [0, 0.05) is 11.4 Å². The Morgan fingerprint density at radius 1 is 0.586 bits per heavy atom. The van der Waals surface area contributed by atoms with Gasteiger partial charge in [-0.15, -0.1) is 0 Å². The van der Waals surface area contributed by atoms with Crippen LogP contribution in [0.5, 0.6) is 0 Å². The average Bonchev–Trinajstić information content (AvgIpc) is 2.68. The third kappa shape index (κ3) is 4.05. The summed E-state index contributed by atoms with van der Waals surface area (Å²) in [4.78, 5) is 3.20. The van der Waals surface area contributed by atoms with E-state index in [2.05, 4.69) is 4.99 Å². The van der Waals surface area contributed by atoms with Crippen molar-refractivity contribution in [2.75, 3.05) is 5.32 Å². The van der Waals surface area contributed by atoms with Gasteiger partial charge in [-0.05, 0) is 19.9 Å². The Hall–Kier alpha value is -3.05. The summed E-state index contributed by atoms with van der Waals surface area (Å²) in [7, 11) is 0. The van der Waals surface area contributed by atoms with E-state index in [1.807, 2.05) is 5.32 Å². The maximum atomic E-state index is 13.6. The second kappa shape index (κ2) is 8.13. The highest BCUT2D eigenvalue weighted by Gasteiger charge is 2.27. The molecule has 0 atom stereocenters. The van der Waals surface area contributed by atoms with Gasteiger partial charge >= 0.3 is 0 Å². The quantitative estimate of drug-likeness (QED) is 0.266. The number of nitrogens with zero attached hydrogens (tertiary/aromatic N) is 1. The third-order valence-electron chi connectivity index (χ3n) is 3.43. The van der Waals surface area contributed by atoms with Crippen molar-refractivity contribution < 1.29 is 43.9 Å². The van der Waals surface area contributed by atoms with E-state index in [0.717, 1.165) is 19.9 Å². The largest absolute Gasteiger partial charge is 0.354 e. The van der Waals surface area contributed by atoms with Crippen molar-refractivity contribution in [1.82, 2.24) is 0 Å². The molecule has 0 radical (unpaired) electrons. The summed E-state index contributed by atoms with van der Waals surface area (Å²) in [5.41, 5.74) is -3.71. The van der Waals surface area contributed by atoms with Gasteiger partial charge in [-0.25, -0.2) is 48.9 Å². The van der Waals surface area contributed by atoms with Crippen LogP contribution < -0.4 is 5.32 Å². The van der Waals surface area contributed by atoms with E-state index in [1.54, 1.807) is 0 Å². The lowest BCUT2D eigenvalue weighted by molar-refractivity contribution is 0.381. The summed E-state index contributed by atoms with van der Waals surface area (Å²) in [6.07, 6.45) is 0.802. The molecule has 0 spiro atoms. The maximum Gasteiger partial charge on any atom is 0.200 e. The topological polar surface area (TPSA) is 24.4 Å². The molecule has 2 aromatic carbocycles. The van der Waals surface area contributed by atoms with Crippen LogP contribution in [0.2, 0.25) is 0 Å². The molecule has 1 N–H and O–H groups in total. The first-order chi connectivity index (χ1) is 13.4. The van der Waals surface area contributed by atoms with Gasteiger partial charge in [0.25, 0.3) is 0 Å². The predicted octanol–water partition coefficient (Wildman–Crippen LogP) is 6.19. The van der Waals surface area contributed by atoms with Crippen molar-refractivity contribution in [3.63, 3.8) is 0 Å². The highest BCUT2D eigenvalue weighted by molar-refractivity contribution is 5.95. The monoisotopic (exact) mass is 430 g/mol. The smallest absolute Gasteiger partial charge is 0.200 e. The number of benzene rings is 2. The molecule has 0 amide bonds. The van der Waals surface area contributed by atoms with Gasteiger partial charge in [0.05, 0.1) is 0 Å². The fourth-order valence-corrected chi connectivity index (χ4v) is 2.16. The van der Waals surface area contributed by atoms with Crippen LogP contribution in [0.3, 0.4) is 0 Å². The number of rotatable bonds is 4. The first kappa shape index (κ1) is 22.2. The first-order valence-electron chi connectivity index (χ1n) is 7.41. The molecule has 2 nitrogen and oxygen atoms in total. The molecule has 0 unspecified atom stereocenters. The predicted molar refractivity (Wildman–Crippen MR) is 82.6 cm³/mol. The highest BCUT2D eigenvalue weighted by atomic mass is 19.2.